The summed E-state index contributed by atoms with van der Waals surface area (Å²) in [7, 11) is -0.371. The maximum atomic E-state index is 6.24. The molecule has 3 heterocycles. The maximum absolute atomic E-state index is 6.24. The van der Waals surface area contributed by atoms with Gasteiger partial charge in [0.1, 0.15) is 0 Å². The van der Waals surface area contributed by atoms with Gasteiger partial charge in [0.2, 0.25) is 0 Å². The average Bonchev–Trinajstić information content (AvgIpc) is 3.31. The van der Waals surface area contributed by atoms with E-state index in [2.05, 4.69) is 118 Å². The Bertz CT molecular complexity index is 1540. The zero-order chi connectivity index (χ0) is 24.4. The van der Waals surface area contributed by atoms with Crippen molar-refractivity contribution in [2.75, 3.05) is 0 Å². The molecule has 0 spiro atoms. The van der Waals surface area contributed by atoms with Crippen LogP contribution in [0.5, 0.6) is 0 Å². The number of hydrogen-bond donors (Lipinski definition) is 0. The maximum Gasteiger partial charge on any atom is 0.494 e. The van der Waals surface area contributed by atoms with Gasteiger partial charge in [-0.3, -0.25) is 0 Å². The zero-order valence-electron chi connectivity index (χ0n) is 20.9. The molecule has 0 atom stereocenters. The molecule has 4 nitrogen and oxygen atoms in total. The number of aromatic nitrogens is 2. The molecule has 5 aromatic rings. The Hall–Kier alpha value is -3.41. The fraction of sp³-hybridized carbons (Fsp3) is 0.233. The lowest BCUT2D eigenvalue weighted by atomic mass is 9.78. The lowest BCUT2D eigenvalue weighted by Gasteiger charge is -2.32. The number of hydrogen-bond acceptors (Lipinski definition) is 3. The van der Waals surface area contributed by atoms with Crippen LogP contribution in [0.25, 0.3) is 38.8 Å². The molecule has 0 bridgehead atoms. The molecule has 35 heavy (non-hydrogen) atoms. The summed E-state index contributed by atoms with van der Waals surface area (Å²) in [6.07, 6.45) is 0. The molecule has 1 aliphatic heterocycles. The van der Waals surface area contributed by atoms with Gasteiger partial charge in [-0.15, -0.1) is 0 Å². The van der Waals surface area contributed by atoms with Crippen molar-refractivity contribution in [1.29, 1.82) is 0 Å². The first-order chi connectivity index (χ1) is 16.7. The third kappa shape index (κ3) is 3.50. The lowest BCUT2D eigenvalue weighted by molar-refractivity contribution is 0.00578. The summed E-state index contributed by atoms with van der Waals surface area (Å²) in [4.78, 5) is 0. The van der Waals surface area contributed by atoms with Crippen LogP contribution >= 0.6 is 0 Å². The highest BCUT2D eigenvalue weighted by Crippen LogP contribution is 2.37. The van der Waals surface area contributed by atoms with E-state index in [1.165, 1.54) is 16.3 Å². The van der Waals surface area contributed by atoms with Gasteiger partial charge < -0.3 is 9.31 Å². The minimum atomic E-state index is -0.371. The quantitative estimate of drug-likeness (QED) is 0.291. The highest BCUT2D eigenvalue weighted by molar-refractivity contribution is 6.62. The Morgan fingerprint density at radius 1 is 0.743 bits per heavy atom. The molecule has 5 heteroatoms. The predicted octanol–water partition coefficient (Wildman–Crippen LogP) is 6.43. The number of fused-ring (bicyclic) bond motifs is 3. The van der Waals surface area contributed by atoms with Crippen molar-refractivity contribution in [3.63, 3.8) is 0 Å². The second kappa shape index (κ2) is 7.80. The van der Waals surface area contributed by atoms with Crippen LogP contribution in [0, 0.1) is 6.92 Å². The SMILES string of the molecule is Cc1c(-c2ccc(B3OC(C)(C)C(C)(C)O3)cc2)nn2c(-c3ccccc3)cc3ccccc3c12. The first kappa shape index (κ1) is 22.1. The largest absolute Gasteiger partial charge is 0.494 e. The summed E-state index contributed by atoms with van der Waals surface area (Å²) >= 11 is 0. The van der Waals surface area contributed by atoms with Gasteiger partial charge in [-0.2, -0.15) is 5.10 Å². The summed E-state index contributed by atoms with van der Waals surface area (Å²) in [5, 5.41) is 7.55. The molecule has 3 aromatic carbocycles. The topological polar surface area (TPSA) is 35.8 Å². The first-order valence-electron chi connectivity index (χ1n) is 12.2. The van der Waals surface area contributed by atoms with E-state index in [-0.39, 0.29) is 18.3 Å². The third-order valence-electron chi connectivity index (χ3n) is 7.64. The van der Waals surface area contributed by atoms with E-state index in [0.29, 0.717) is 0 Å². The van der Waals surface area contributed by atoms with E-state index >= 15 is 0 Å². The molecule has 1 saturated heterocycles. The Morgan fingerprint density at radius 2 is 1.37 bits per heavy atom. The number of rotatable bonds is 3. The lowest BCUT2D eigenvalue weighted by Crippen LogP contribution is -2.41. The molecule has 0 unspecified atom stereocenters. The van der Waals surface area contributed by atoms with Crippen LogP contribution in [0.1, 0.15) is 33.3 Å². The standard InChI is InChI=1S/C30H29BN2O2/c1-20-27(22-15-17-24(18-16-22)31-34-29(2,3)30(4,5)35-31)32-33-26(21-11-7-6-8-12-21)19-23-13-9-10-14-25(23)28(20)33/h6-19H,1-5H3. The van der Waals surface area contributed by atoms with Crippen molar-refractivity contribution in [3.8, 4) is 22.5 Å². The molecule has 6 rings (SSSR count). The fourth-order valence-electron chi connectivity index (χ4n) is 4.90. The van der Waals surface area contributed by atoms with Crippen molar-refractivity contribution < 1.29 is 9.31 Å². The van der Waals surface area contributed by atoms with Gasteiger partial charge in [-0.1, -0.05) is 78.9 Å². The second-order valence-electron chi connectivity index (χ2n) is 10.4. The molecule has 0 aliphatic carbocycles. The molecule has 174 valence electrons. The Labute approximate surface area is 206 Å². The normalized spacial score (nSPS) is 16.9. The van der Waals surface area contributed by atoms with E-state index in [4.69, 9.17) is 14.4 Å². The number of nitrogens with zero attached hydrogens (tertiary/aromatic N) is 2. The van der Waals surface area contributed by atoms with Crippen LogP contribution in [0.2, 0.25) is 0 Å². The summed E-state index contributed by atoms with van der Waals surface area (Å²) in [6, 6.07) is 29.7. The van der Waals surface area contributed by atoms with E-state index in [0.717, 1.165) is 33.5 Å². The third-order valence-corrected chi connectivity index (χ3v) is 7.64. The Kier molecular flexibility index (Phi) is 4.92. The van der Waals surface area contributed by atoms with Gasteiger partial charge in [0.05, 0.1) is 28.1 Å². The number of benzene rings is 3. The fourth-order valence-corrected chi connectivity index (χ4v) is 4.90. The molecular formula is C30H29BN2O2. The van der Waals surface area contributed by atoms with Crippen LogP contribution in [-0.4, -0.2) is 27.9 Å². The zero-order valence-corrected chi connectivity index (χ0v) is 20.9. The van der Waals surface area contributed by atoms with Gasteiger partial charge in [-0.05, 0) is 51.5 Å². The highest BCUT2D eigenvalue weighted by atomic mass is 16.7. The van der Waals surface area contributed by atoms with Gasteiger partial charge in [-0.25, -0.2) is 4.52 Å². The second-order valence-corrected chi connectivity index (χ2v) is 10.4. The van der Waals surface area contributed by atoms with Crippen LogP contribution in [0.4, 0.5) is 0 Å². The van der Waals surface area contributed by atoms with Crippen LogP contribution in [0.15, 0.2) is 84.9 Å². The molecule has 0 N–H and O–H groups in total. The van der Waals surface area contributed by atoms with Crippen LogP contribution < -0.4 is 5.46 Å². The van der Waals surface area contributed by atoms with Crippen molar-refractivity contribution >= 4 is 28.9 Å². The molecule has 2 aromatic heterocycles. The predicted molar refractivity (Wildman–Crippen MR) is 144 cm³/mol. The number of aryl methyl sites for hydroxylation is 1. The van der Waals surface area contributed by atoms with Gasteiger partial charge >= 0.3 is 7.12 Å². The minimum absolute atomic E-state index is 0.358. The van der Waals surface area contributed by atoms with E-state index in [9.17, 15) is 0 Å². The molecule has 1 fully saturated rings. The van der Waals surface area contributed by atoms with Crippen molar-refractivity contribution in [2.45, 2.75) is 45.8 Å². The van der Waals surface area contributed by atoms with E-state index in [1.807, 2.05) is 6.07 Å². The van der Waals surface area contributed by atoms with Gasteiger partial charge in [0.25, 0.3) is 0 Å². The average molecular weight is 460 g/mol. The summed E-state index contributed by atoms with van der Waals surface area (Å²) in [5.41, 5.74) is 6.91. The molecular weight excluding hydrogens is 431 g/mol. The molecule has 0 radical (unpaired) electrons. The van der Waals surface area contributed by atoms with Crippen molar-refractivity contribution in [2.24, 2.45) is 0 Å². The Balaban J connectivity index is 1.47. The molecule has 1 aliphatic rings. The summed E-state index contributed by atoms with van der Waals surface area (Å²) < 4.78 is 14.6. The first-order valence-corrected chi connectivity index (χ1v) is 12.2. The Morgan fingerprint density at radius 3 is 2.06 bits per heavy atom. The summed E-state index contributed by atoms with van der Waals surface area (Å²) in [5.74, 6) is 0. The van der Waals surface area contributed by atoms with E-state index < -0.39 is 0 Å². The minimum Gasteiger partial charge on any atom is -0.399 e. The van der Waals surface area contributed by atoms with Gasteiger partial charge in [0, 0.05) is 22.1 Å². The van der Waals surface area contributed by atoms with Crippen LogP contribution in [-0.2, 0) is 9.31 Å². The van der Waals surface area contributed by atoms with Gasteiger partial charge in [0.15, 0.2) is 0 Å². The summed E-state index contributed by atoms with van der Waals surface area (Å²) in [6.45, 7) is 10.5. The smallest absolute Gasteiger partial charge is 0.399 e. The van der Waals surface area contributed by atoms with E-state index in [1.54, 1.807) is 0 Å². The van der Waals surface area contributed by atoms with Crippen molar-refractivity contribution in [1.82, 2.24) is 9.61 Å². The van der Waals surface area contributed by atoms with Crippen LogP contribution in [0.3, 0.4) is 0 Å². The molecule has 0 amide bonds. The highest BCUT2D eigenvalue weighted by Gasteiger charge is 2.51. The molecule has 0 saturated carbocycles. The van der Waals surface area contributed by atoms with Crippen molar-refractivity contribution in [3.05, 3.63) is 90.5 Å². The monoisotopic (exact) mass is 460 g/mol. The number of pyridine rings is 1.